The highest BCUT2D eigenvalue weighted by Crippen LogP contribution is 2.35. The van der Waals surface area contributed by atoms with Crippen molar-refractivity contribution in [1.29, 1.82) is 0 Å². The lowest BCUT2D eigenvalue weighted by Gasteiger charge is -2.16. The highest BCUT2D eigenvalue weighted by molar-refractivity contribution is 7.92. The SMILES string of the molecule is CC(C)Cc1ccc(-c2cc3sc(C(C(=O)NCC(=O)NC4CC4)S(=O)(=O)CC(C)C)nc3cc2F)cn1. The van der Waals surface area contributed by atoms with E-state index in [1.165, 1.54) is 6.07 Å². The summed E-state index contributed by atoms with van der Waals surface area (Å²) in [6.45, 7) is 7.36. The number of hydrogen-bond donors (Lipinski definition) is 2. The number of halogens is 1. The van der Waals surface area contributed by atoms with Crippen molar-refractivity contribution in [3.8, 4) is 11.1 Å². The van der Waals surface area contributed by atoms with E-state index in [-0.39, 0.29) is 40.7 Å². The van der Waals surface area contributed by atoms with Crippen LogP contribution in [-0.2, 0) is 25.8 Å². The molecule has 3 aromatic rings. The third-order valence-electron chi connectivity index (χ3n) is 6.00. The van der Waals surface area contributed by atoms with Crippen molar-refractivity contribution < 1.29 is 22.4 Å². The van der Waals surface area contributed by atoms with Crippen LogP contribution in [0.4, 0.5) is 4.39 Å². The number of rotatable bonds is 11. The number of benzene rings is 1. The molecule has 1 atom stereocenters. The third kappa shape index (κ3) is 6.93. The summed E-state index contributed by atoms with van der Waals surface area (Å²) < 4.78 is 42.2. The van der Waals surface area contributed by atoms with Gasteiger partial charge in [-0.1, -0.05) is 33.8 Å². The van der Waals surface area contributed by atoms with Gasteiger partial charge in [-0.25, -0.2) is 17.8 Å². The molecule has 1 fully saturated rings. The number of sulfone groups is 1. The Morgan fingerprint density at radius 1 is 1.13 bits per heavy atom. The van der Waals surface area contributed by atoms with Gasteiger partial charge in [-0.3, -0.25) is 14.6 Å². The number of thiazole rings is 1. The average molecular weight is 561 g/mol. The molecule has 1 aliphatic carbocycles. The van der Waals surface area contributed by atoms with E-state index in [1.54, 1.807) is 26.1 Å². The first-order chi connectivity index (χ1) is 17.9. The van der Waals surface area contributed by atoms with Crippen LogP contribution in [0.5, 0.6) is 0 Å². The fourth-order valence-electron chi connectivity index (χ4n) is 4.18. The molecule has 1 unspecified atom stereocenters. The topological polar surface area (TPSA) is 118 Å². The quantitative estimate of drug-likeness (QED) is 0.363. The van der Waals surface area contributed by atoms with Crippen LogP contribution in [0.25, 0.3) is 21.3 Å². The summed E-state index contributed by atoms with van der Waals surface area (Å²) in [6.07, 6.45) is 4.23. The van der Waals surface area contributed by atoms with E-state index in [0.29, 0.717) is 21.7 Å². The molecule has 2 heterocycles. The Balaban J connectivity index is 1.65. The number of nitrogens with zero attached hydrogens (tertiary/aromatic N) is 2. The Bertz CT molecular complexity index is 1430. The molecule has 2 amide bonds. The minimum atomic E-state index is -3.97. The molecule has 204 valence electrons. The normalized spacial score (nSPS) is 14.7. The van der Waals surface area contributed by atoms with E-state index in [1.807, 2.05) is 12.1 Å². The summed E-state index contributed by atoms with van der Waals surface area (Å²) in [7, 11) is -3.97. The predicted octanol–water partition coefficient (Wildman–Crippen LogP) is 4.20. The summed E-state index contributed by atoms with van der Waals surface area (Å²) in [5.41, 5.74) is 2.09. The first-order valence-corrected chi connectivity index (χ1v) is 15.3. The third-order valence-corrected chi connectivity index (χ3v) is 9.52. The average Bonchev–Trinajstić information content (AvgIpc) is 3.53. The van der Waals surface area contributed by atoms with Gasteiger partial charge >= 0.3 is 0 Å². The summed E-state index contributed by atoms with van der Waals surface area (Å²) in [5.74, 6) is -1.72. The molecule has 1 saturated carbocycles. The molecular formula is C27H33FN4O4S2. The lowest BCUT2D eigenvalue weighted by Crippen LogP contribution is -2.42. The number of fused-ring (bicyclic) bond motifs is 1. The van der Waals surface area contributed by atoms with Crippen LogP contribution in [0.15, 0.2) is 30.5 Å². The number of hydrogen-bond acceptors (Lipinski definition) is 7. The van der Waals surface area contributed by atoms with Crippen LogP contribution < -0.4 is 10.6 Å². The van der Waals surface area contributed by atoms with Crippen molar-refractivity contribution in [3.63, 3.8) is 0 Å². The number of amides is 2. The highest BCUT2D eigenvalue weighted by Gasteiger charge is 2.38. The standard InChI is InChI=1S/C27H33FN4O4S2/c1-15(2)9-19-6-5-17(12-29-19)20-10-23-22(11-21(20)28)32-27(37-23)25(38(35,36)14-16(3)4)26(34)30-13-24(33)31-18-7-8-18/h5-6,10-12,15-16,18,25H,7-9,13-14H2,1-4H3,(H,30,34)(H,31,33). The van der Waals surface area contributed by atoms with Crippen LogP contribution in [0, 0.1) is 17.7 Å². The van der Waals surface area contributed by atoms with Crippen molar-refractivity contribution in [1.82, 2.24) is 20.6 Å². The summed E-state index contributed by atoms with van der Waals surface area (Å²) in [6, 6.07) is 6.66. The van der Waals surface area contributed by atoms with Gasteiger partial charge in [-0.15, -0.1) is 11.3 Å². The number of aromatic nitrogens is 2. The Labute approximate surface area is 226 Å². The molecular weight excluding hydrogens is 527 g/mol. The maximum absolute atomic E-state index is 15.1. The van der Waals surface area contributed by atoms with E-state index in [9.17, 15) is 18.0 Å². The van der Waals surface area contributed by atoms with Gasteiger partial charge in [0.25, 0.3) is 0 Å². The van der Waals surface area contributed by atoms with Crippen LogP contribution in [0.1, 0.15) is 56.5 Å². The van der Waals surface area contributed by atoms with Crippen LogP contribution in [0.3, 0.4) is 0 Å². The highest BCUT2D eigenvalue weighted by atomic mass is 32.2. The Morgan fingerprint density at radius 3 is 2.47 bits per heavy atom. The molecule has 0 saturated heterocycles. The van der Waals surface area contributed by atoms with Crippen LogP contribution >= 0.6 is 11.3 Å². The summed E-state index contributed by atoms with van der Waals surface area (Å²) >= 11 is 1.03. The lowest BCUT2D eigenvalue weighted by atomic mass is 10.0. The van der Waals surface area contributed by atoms with Gasteiger partial charge in [-0.2, -0.15) is 0 Å². The molecule has 38 heavy (non-hydrogen) atoms. The molecule has 0 radical (unpaired) electrons. The lowest BCUT2D eigenvalue weighted by molar-refractivity contribution is -0.126. The second-order valence-corrected chi connectivity index (χ2v) is 13.8. The van der Waals surface area contributed by atoms with Gasteiger partial charge in [0.15, 0.2) is 15.1 Å². The Morgan fingerprint density at radius 2 is 1.87 bits per heavy atom. The van der Waals surface area contributed by atoms with E-state index >= 15 is 4.39 Å². The Kier molecular flexibility index (Phi) is 8.46. The first-order valence-electron chi connectivity index (χ1n) is 12.8. The van der Waals surface area contributed by atoms with Crippen molar-refractivity contribution in [2.45, 2.75) is 58.2 Å². The van der Waals surface area contributed by atoms with Crippen LogP contribution in [0.2, 0.25) is 0 Å². The summed E-state index contributed by atoms with van der Waals surface area (Å²) in [4.78, 5) is 34.0. The van der Waals surface area contributed by atoms with E-state index in [4.69, 9.17) is 0 Å². The smallest absolute Gasteiger partial charge is 0.245 e. The van der Waals surface area contributed by atoms with Crippen molar-refractivity contribution in [3.05, 3.63) is 47.0 Å². The zero-order valence-corrected chi connectivity index (χ0v) is 23.6. The number of nitrogens with one attached hydrogen (secondary N) is 2. The van der Waals surface area contributed by atoms with Gasteiger partial charge in [0.1, 0.15) is 10.8 Å². The molecule has 0 spiro atoms. The molecule has 4 rings (SSSR count). The monoisotopic (exact) mass is 560 g/mol. The summed E-state index contributed by atoms with van der Waals surface area (Å²) in [5, 5.41) is 3.66. The van der Waals surface area contributed by atoms with Crippen molar-refractivity contribution in [2.24, 2.45) is 11.8 Å². The molecule has 1 aromatic carbocycles. The fraction of sp³-hybridized carbons (Fsp3) is 0.481. The van der Waals surface area contributed by atoms with E-state index < -0.39 is 26.8 Å². The molecule has 11 heteroatoms. The van der Waals surface area contributed by atoms with E-state index in [0.717, 1.165) is 36.3 Å². The molecule has 0 bridgehead atoms. The largest absolute Gasteiger partial charge is 0.352 e. The molecule has 2 N–H and O–H groups in total. The van der Waals surface area contributed by atoms with Gasteiger partial charge < -0.3 is 10.6 Å². The number of carbonyl (C=O) groups excluding carboxylic acids is 2. The first kappa shape index (κ1) is 28.1. The number of pyridine rings is 1. The minimum Gasteiger partial charge on any atom is -0.352 e. The van der Waals surface area contributed by atoms with Crippen molar-refractivity contribution >= 4 is 43.2 Å². The maximum atomic E-state index is 15.1. The zero-order chi connectivity index (χ0) is 27.6. The van der Waals surface area contributed by atoms with Gasteiger partial charge in [0, 0.05) is 35.1 Å². The van der Waals surface area contributed by atoms with Crippen LogP contribution in [-0.4, -0.2) is 48.5 Å². The molecule has 0 aliphatic heterocycles. The van der Waals surface area contributed by atoms with E-state index in [2.05, 4.69) is 34.4 Å². The van der Waals surface area contributed by atoms with Gasteiger partial charge in [0.2, 0.25) is 11.8 Å². The Hall–Kier alpha value is -2.92. The molecule has 1 aliphatic rings. The van der Waals surface area contributed by atoms with Gasteiger partial charge in [0.05, 0.1) is 22.5 Å². The second kappa shape index (κ2) is 11.4. The molecule has 8 nitrogen and oxygen atoms in total. The van der Waals surface area contributed by atoms with Crippen molar-refractivity contribution in [2.75, 3.05) is 12.3 Å². The zero-order valence-electron chi connectivity index (χ0n) is 22.0. The number of carbonyl (C=O) groups is 2. The molecule has 2 aromatic heterocycles. The second-order valence-electron chi connectivity index (χ2n) is 10.7. The minimum absolute atomic E-state index is 0.0442. The fourth-order valence-corrected chi connectivity index (χ4v) is 7.62. The predicted molar refractivity (Wildman–Crippen MR) is 147 cm³/mol. The van der Waals surface area contributed by atoms with Gasteiger partial charge in [-0.05, 0) is 43.2 Å². The maximum Gasteiger partial charge on any atom is 0.245 e.